The first-order valence-corrected chi connectivity index (χ1v) is 6.19. The lowest BCUT2D eigenvalue weighted by Crippen LogP contribution is -2.55. The third-order valence-electron chi connectivity index (χ3n) is 3.73. The molecule has 0 aromatic heterocycles. The van der Waals surface area contributed by atoms with Crippen LogP contribution < -0.4 is 11.1 Å². The van der Waals surface area contributed by atoms with E-state index in [4.69, 9.17) is 5.73 Å². The molecule has 0 aliphatic carbocycles. The third kappa shape index (κ3) is 1.95. The van der Waals surface area contributed by atoms with Crippen molar-refractivity contribution in [1.82, 2.24) is 5.32 Å². The van der Waals surface area contributed by atoms with Crippen molar-refractivity contribution in [3.05, 3.63) is 34.9 Å². The maximum Gasteiger partial charge on any atom is 0.242 e. The Balaban J connectivity index is 2.56. The maximum atomic E-state index is 11.9. The summed E-state index contributed by atoms with van der Waals surface area (Å²) in [6.45, 7) is 4.95. The van der Waals surface area contributed by atoms with Crippen LogP contribution in [0.15, 0.2) is 18.2 Å². The van der Waals surface area contributed by atoms with Gasteiger partial charge in [0.15, 0.2) is 0 Å². The molecule has 0 bridgehead atoms. The molecule has 1 fully saturated rings. The van der Waals surface area contributed by atoms with E-state index >= 15 is 0 Å². The highest BCUT2D eigenvalue weighted by Crippen LogP contribution is 2.34. The van der Waals surface area contributed by atoms with Crippen LogP contribution in [0.4, 0.5) is 0 Å². The fourth-order valence-corrected chi connectivity index (χ4v) is 2.94. The number of hydrogen-bond donors (Lipinski definition) is 2. The molecule has 3 heteroatoms. The van der Waals surface area contributed by atoms with Gasteiger partial charge in [0, 0.05) is 0 Å². The minimum Gasteiger partial charge on any atom is -0.368 e. The van der Waals surface area contributed by atoms with Crippen molar-refractivity contribution in [3.63, 3.8) is 0 Å². The number of amides is 1. The number of rotatable bonds is 2. The van der Waals surface area contributed by atoms with Gasteiger partial charge in [-0.3, -0.25) is 10.1 Å². The van der Waals surface area contributed by atoms with Gasteiger partial charge in [0.1, 0.15) is 5.54 Å². The Morgan fingerprint density at radius 3 is 2.41 bits per heavy atom. The van der Waals surface area contributed by atoms with E-state index < -0.39 is 5.54 Å². The van der Waals surface area contributed by atoms with E-state index in [1.807, 2.05) is 32.0 Å². The minimum absolute atomic E-state index is 0.255. The van der Waals surface area contributed by atoms with Gasteiger partial charge in [0.2, 0.25) is 5.91 Å². The van der Waals surface area contributed by atoms with Gasteiger partial charge in [0.25, 0.3) is 0 Å². The van der Waals surface area contributed by atoms with Gasteiger partial charge in [-0.25, -0.2) is 0 Å². The summed E-state index contributed by atoms with van der Waals surface area (Å²) in [4.78, 5) is 11.9. The topological polar surface area (TPSA) is 55.1 Å². The lowest BCUT2D eigenvalue weighted by molar-refractivity contribution is -0.125. The Morgan fingerprint density at radius 1 is 1.29 bits per heavy atom. The standard InChI is InChI=1S/C14H20N2O/c1-10-6-5-7-11(2)12(10)14(13(15)17)8-3-4-9-16-14/h5-7,16H,3-4,8-9H2,1-2H3,(H2,15,17). The van der Waals surface area contributed by atoms with Gasteiger partial charge in [0.05, 0.1) is 0 Å². The van der Waals surface area contributed by atoms with Crippen molar-refractivity contribution in [2.24, 2.45) is 5.73 Å². The summed E-state index contributed by atoms with van der Waals surface area (Å²) in [6, 6.07) is 6.11. The number of nitrogens with one attached hydrogen (secondary N) is 1. The highest BCUT2D eigenvalue weighted by Gasteiger charge is 2.41. The predicted octanol–water partition coefficient (Wildman–Crippen LogP) is 1.76. The smallest absolute Gasteiger partial charge is 0.242 e. The molecular formula is C14H20N2O. The minimum atomic E-state index is -0.659. The molecule has 3 nitrogen and oxygen atoms in total. The first-order chi connectivity index (χ1) is 8.08. The molecule has 1 unspecified atom stereocenters. The molecule has 92 valence electrons. The van der Waals surface area contributed by atoms with E-state index in [0.29, 0.717) is 0 Å². The Hall–Kier alpha value is -1.35. The molecule has 2 rings (SSSR count). The van der Waals surface area contributed by atoms with E-state index in [1.54, 1.807) is 0 Å². The quantitative estimate of drug-likeness (QED) is 0.816. The van der Waals surface area contributed by atoms with E-state index in [9.17, 15) is 4.79 Å². The average molecular weight is 232 g/mol. The zero-order valence-electron chi connectivity index (χ0n) is 10.5. The van der Waals surface area contributed by atoms with Crippen molar-refractivity contribution >= 4 is 5.91 Å². The molecule has 17 heavy (non-hydrogen) atoms. The third-order valence-corrected chi connectivity index (χ3v) is 3.73. The summed E-state index contributed by atoms with van der Waals surface area (Å²) >= 11 is 0. The second-order valence-corrected chi connectivity index (χ2v) is 4.92. The number of nitrogens with two attached hydrogens (primary N) is 1. The van der Waals surface area contributed by atoms with Crippen LogP contribution in [0.5, 0.6) is 0 Å². The molecule has 1 amide bonds. The summed E-state index contributed by atoms with van der Waals surface area (Å²) in [7, 11) is 0. The molecule has 1 aliphatic rings. The summed E-state index contributed by atoms with van der Waals surface area (Å²) in [5, 5.41) is 3.36. The van der Waals surface area contributed by atoms with Crippen molar-refractivity contribution in [3.8, 4) is 0 Å². The van der Waals surface area contributed by atoms with Crippen molar-refractivity contribution in [2.75, 3.05) is 6.54 Å². The van der Waals surface area contributed by atoms with Crippen LogP contribution in [0.25, 0.3) is 0 Å². The fourth-order valence-electron chi connectivity index (χ4n) is 2.94. The summed E-state index contributed by atoms with van der Waals surface area (Å²) in [6.07, 6.45) is 2.96. The van der Waals surface area contributed by atoms with Crippen LogP contribution in [0.2, 0.25) is 0 Å². The predicted molar refractivity (Wildman–Crippen MR) is 68.6 cm³/mol. The molecule has 1 aromatic rings. The van der Waals surface area contributed by atoms with Crippen molar-refractivity contribution in [2.45, 2.75) is 38.6 Å². The number of primary amides is 1. The van der Waals surface area contributed by atoms with E-state index in [0.717, 1.165) is 42.5 Å². The van der Waals surface area contributed by atoms with Gasteiger partial charge >= 0.3 is 0 Å². The number of hydrogen-bond acceptors (Lipinski definition) is 2. The van der Waals surface area contributed by atoms with E-state index in [-0.39, 0.29) is 5.91 Å². The number of carbonyl (C=O) groups is 1. The van der Waals surface area contributed by atoms with Gasteiger partial charge in [-0.05, 0) is 56.3 Å². The molecule has 1 aromatic carbocycles. The van der Waals surface area contributed by atoms with Gasteiger partial charge in [-0.2, -0.15) is 0 Å². The van der Waals surface area contributed by atoms with Crippen LogP contribution in [0, 0.1) is 13.8 Å². The molecule has 1 aliphatic heterocycles. The van der Waals surface area contributed by atoms with Crippen molar-refractivity contribution < 1.29 is 4.79 Å². The van der Waals surface area contributed by atoms with E-state index in [1.165, 1.54) is 0 Å². The zero-order valence-corrected chi connectivity index (χ0v) is 10.5. The molecule has 0 saturated carbocycles. The number of piperidine rings is 1. The lowest BCUT2D eigenvalue weighted by Gasteiger charge is -2.38. The van der Waals surface area contributed by atoms with Crippen molar-refractivity contribution in [1.29, 1.82) is 0 Å². The monoisotopic (exact) mass is 232 g/mol. The van der Waals surface area contributed by atoms with Gasteiger partial charge in [-0.1, -0.05) is 18.2 Å². The summed E-state index contributed by atoms with van der Waals surface area (Å²) in [5.74, 6) is -0.255. The Morgan fingerprint density at radius 2 is 1.94 bits per heavy atom. The second-order valence-electron chi connectivity index (χ2n) is 4.92. The highest BCUT2D eigenvalue weighted by atomic mass is 16.1. The lowest BCUT2D eigenvalue weighted by atomic mass is 9.77. The molecule has 1 atom stereocenters. The SMILES string of the molecule is Cc1cccc(C)c1C1(C(N)=O)CCCCN1. The molecule has 0 spiro atoms. The van der Waals surface area contributed by atoms with Gasteiger partial charge in [-0.15, -0.1) is 0 Å². The first kappa shape index (κ1) is 12.1. The molecule has 0 radical (unpaired) electrons. The number of benzene rings is 1. The fraction of sp³-hybridized carbons (Fsp3) is 0.500. The van der Waals surface area contributed by atoms with Crippen LogP contribution in [0.1, 0.15) is 36.0 Å². The largest absolute Gasteiger partial charge is 0.368 e. The Labute approximate surface area is 102 Å². The Bertz CT molecular complexity index is 414. The van der Waals surface area contributed by atoms with E-state index in [2.05, 4.69) is 5.32 Å². The molecule has 1 heterocycles. The average Bonchev–Trinajstić information content (AvgIpc) is 2.29. The Kier molecular flexibility index (Phi) is 3.20. The normalized spacial score (nSPS) is 24.6. The number of carbonyl (C=O) groups excluding carboxylic acids is 1. The zero-order chi connectivity index (χ0) is 12.5. The molecule has 1 saturated heterocycles. The maximum absolute atomic E-state index is 11.9. The first-order valence-electron chi connectivity index (χ1n) is 6.19. The second kappa shape index (κ2) is 4.49. The number of aryl methyl sites for hydroxylation is 2. The van der Waals surface area contributed by atoms with Crippen LogP contribution >= 0.6 is 0 Å². The summed E-state index contributed by atoms with van der Waals surface area (Å²) < 4.78 is 0. The van der Waals surface area contributed by atoms with Crippen LogP contribution in [-0.2, 0) is 10.3 Å². The molecular weight excluding hydrogens is 212 g/mol. The highest BCUT2D eigenvalue weighted by molar-refractivity contribution is 5.87. The summed E-state index contributed by atoms with van der Waals surface area (Å²) in [5.41, 5.74) is 8.36. The van der Waals surface area contributed by atoms with Crippen LogP contribution in [-0.4, -0.2) is 12.5 Å². The van der Waals surface area contributed by atoms with Gasteiger partial charge < -0.3 is 5.73 Å². The molecule has 3 N–H and O–H groups in total. The van der Waals surface area contributed by atoms with Crippen LogP contribution in [0.3, 0.4) is 0 Å².